The number of carbonyl (C=O) groups is 1. The third kappa shape index (κ3) is 1.64. The maximum absolute atomic E-state index is 10.5. The summed E-state index contributed by atoms with van der Waals surface area (Å²) < 4.78 is 0. The van der Waals surface area contributed by atoms with Crippen molar-refractivity contribution in [3.05, 3.63) is 38.9 Å². The zero-order valence-corrected chi connectivity index (χ0v) is 6.75. The lowest BCUT2D eigenvalue weighted by atomic mass is 10.2. The number of carboxylic acid groups (broad SMARTS) is 1. The maximum atomic E-state index is 10.5. The number of nitro benzene ring substituents is 1. The van der Waals surface area contributed by atoms with Crippen LogP contribution in [0.25, 0.3) is 4.98 Å². The standard InChI is InChI=1S/C7H3N3O4/c8-9-5-2-1-4(7(11)12)3-6(5)10(13)14/h1-3H/p+1. The number of hydrogen-bond acceptors (Lipinski definition) is 4. The Morgan fingerprint density at radius 3 is 2.64 bits per heavy atom. The number of carboxylic acids is 1. The van der Waals surface area contributed by atoms with Crippen molar-refractivity contribution in [2.75, 3.05) is 0 Å². The molecule has 0 aliphatic carbocycles. The molecule has 1 N–H and O–H groups in total. The number of diazo groups is 1. The van der Waals surface area contributed by atoms with Crippen molar-refractivity contribution in [3.8, 4) is 0 Å². The van der Waals surface area contributed by atoms with E-state index in [0.717, 1.165) is 18.2 Å². The predicted octanol–water partition coefficient (Wildman–Crippen LogP) is 1.78. The first-order valence-corrected chi connectivity index (χ1v) is 3.43. The third-order valence-electron chi connectivity index (χ3n) is 1.53. The summed E-state index contributed by atoms with van der Waals surface area (Å²) in [6.07, 6.45) is 0. The molecule has 1 aromatic carbocycles. The summed E-state index contributed by atoms with van der Waals surface area (Å²) >= 11 is 0. The number of rotatable bonds is 2. The van der Waals surface area contributed by atoms with Gasteiger partial charge in [-0.15, -0.1) is 0 Å². The van der Waals surface area contributed by atoms with Gasteiger partial charge < -0.3 is 5.11 Å². The molecule has 1 aromatic rings. The Hall–Kier alpha value is -2.49. The number of aromatic carboxylic acids is 1. The lowest BCUT2D eigenvalue weighted by Gasteiger charge is -1.91. The van der Waals surface area contributed by atoms with Crippen LogP contribution in [0.1, 0.15) is 10.4 Å². The van der Waals surface area contributed by atoms with Crippen molar-refractivity contribution in [1.29, 1.82) is 5.39 Å². The molecule has 1 rings (SSSR count). The zero-order chi connectivity index (χ0) is 10.7. The summed E-state index contributed by atoms with van der Waals surface area (Å²) in [6, 6.07) is 3.00. The lowest BCUT2D eigenvalue weighted by molar-refractivity contribution is -0.383. The van der Waals surface area contributed by atoms with Crippen LogP contribution in [-0.4, -0.2) is 16.0 Å². The Labute approximate surface area is 77.4 Å². The maximum Gasteiger partial charge on any atom is 0.461 e. The van der Waals surface area contributed by atoms with Crippen LogP contribution in [0.15, 0.2) is 18.2 Å². The molecule has 0 fully saturated rings. The first-order valence-electron chi connectivity index (χ1n) is 3.43. The van der Waals surface area contributed by atoms with Crippen molar-refractivity contribution < 1.29 is 14.8 Å². The smallest absolute Gasteiger partial charge is 0.461 e. The molecule has 0 aliphatic heterocycles. The SMILES string of the molecule is N#[N+]c1ccc(C(=O)O)cc1[N+](=O)[O-]. The molecular weight excluding hydrogens is 190 g/mol. The van der Waals surface area contributed by atoms with E-state index in [4.69, 9.17) is 10.5 Å². The molecule has 0 spiro atoms. The van der Waals surface area contributed by atoms with E-state index >= 15 is 0 Å². The highest BCUT2D eigenvalue weighted by Gasteiger charge is 2.25. The fraction of sp³-hybridized carbons (Fsp3) is 0. The highest BCUT2D eigenvalue weighted by atomic mass is 16.6. The van der Waals surface area contributed by atoms with Crippen molar-refractivity contribution in [2.45, 2.75) is 0 Å². The van der Waals surface area contributed by atoms with Crippen LogP contribution < -0.4 is 0 Å². The molecule has 70 valence electrons. The summed E-state index contributed by atoms with van der Waals surface area (Å²) in [5, 5.41) is 27.3. The number of nitro groups is 1. The minimum atomic E-state index is -1.28. The molecule has 0 bridgehead atoms. The Bertz CT molecular complexity index is 449. The van der Waals surface area contributed by atoms with Crippen molar-refractivity contribution in [1.82, 2.24) is 0 Å². The third-order valence-corrected chi connectivity index (χ3v) is 1.53. The second-order valence-corrected chi connectivity index (χ2v) is 2.37. The van der Waals surface area contributed by atoms with Crippen LogP contribution in [0, 0.1) is 15.5 Å². The quantitative estimate of drug-likeness (QED) is 0.438. The Balaban J connectivity index is 3.37. The van der Waals surface area contributed by atoms with Gasteiger partial charge in [0.15, 0.2) is 4.98 Å². The minimum absolute atomic E-state index is 0.232. The Morgan fingerprint density at radius 1 is 1.57 bits per heavy atom. The van der Waals surface area contributed by atoms with Gasteiger partial charge in [0.1, 0.15) is 0 Å². The second-order valence-electron chi connectivity index (χ2n) is 2.37. The zero-order valence-electron chi connectivity index (χ0n) is 6.75. The molecule has 0 radical (unpaired) electrons. The van der Waals surface area contributed by atoms with Gasteiger partial charge >= 0.3 is 17.3 Å². The minimum Gasteiger partial charge on any atom is -0.478 e. The molecule has 0 atom stereocenters. The number of benzene rings is 1. The highest BCUT2D eigenvalue weighted by Crippen LogP contribution is 2.27. The van der Waals surface area contributed by atoms with Gasteiger partial charge in [-0.25, -0.2) is 4.79 Å². The van der Waals surface area contributed by atoms with E-state index in [2.05, 4.69) is 4.98 Å². The fourth-order valence-electron chi connectivity index (χ4n) is 0.887. The summed E-state index contributed by atoms with van der Waals surface area (Å²) in [4.78, 5) is 22.7. The van der Waals surface area contributed by atoms with Gasteiger partial charge in [0.25, 0.3) is 0 Å². The van der Waals surface area contributed by atoms with Crippen LogP contribution in [0.2, 0.25) is 0 Å². The Kier molecular flexibility index (Phi) is 2.39. The first kappa shape index (κ1) is 9.60. The summed E-state index contributed by atoms with van der Waals surface area (Å²) in [6.45, 7) is 0. The average molecular weight is 194 g/mol. The molecule has 0 saturated heterocycles. The van der Waals surface area contributed by atoms with Crippen LogP contribution in [0.4, 0.5) is 11.4 Å². The number of hydrogen-bond donors (Lipinski definition) is 1. The van der Waals surface area contributed by atoms with E-state index in [1.807, 2.05) is 0 Å². The molecule has 7 heteroatoms. The fourth-order valence-corrected chi connectivity index (χ4v) is 0.887. The molecule has 7 nitrogen and oxygen atoms in total. The van der Waals surface area contributed by atoms with E-state index < -0.39 is 16.6 Å². The summed E-state index contributed by atoms with van der Waals surface area (Å²) in [5.41, 5.74) is -1.06. The summed E-state index contributed by atoms with van der Waals surface area (Å²) in [5.74, 6) is -1.28. The van der Waals surface area contributed by atoms with Gasteiger partial charge in [-0.1, -0.05) is 0 Å². The van der Waals surface area contributed by atoms with Crippen molar-refractivity contribution >= 4 is 17.3 Å². The van der Waals surface area contributed by atoms with Gasteiger partial charge in [-0.3, -0.25) is 10.1 Å². The van der Waals surface area contributed by atoms with Crippen molar-refractivity contribution in [3.63, 3.8) is 0 Å². The molecule has 0 heterocycles. The molecule has 0 unspecified atom stereocenters. The van der Waals surface area contributed by atoms with E-state index in [-0.39, 0.29) is 11.3 Å². The topological polar surface area (TPSA) is 109 Å². The lowest BCUT2D eigenvalue weighted by Crippen LogP contribution is -1.97. The first-order chi connectivity index (χ1) is 6.56. The van der Waals surface area contributed by atoms with Gasteiger partial charge in [-0.05, 0) is 6.07 Å². The molecule has 0 aliphatic rings. The molecular formula is C7H4N3O4+. The van der Waals surface area contributed by atoms with E-state index in [0.29, 0.717) is 0 Å². The van der Waals surface area contributed by atoms with Gasteiger partial charge in [0.2, 0.25) is 5.39 Å². The van der Waals surface area contributed by atoms with Gasteiger partial charge in [-0.2, -0.15) is 0 Å². The predicted molar refractivity (Wildman–Crippen MR) is 44.8 cm³/mol. The van der Waals surface area contributed by atoms with Crippen LogP contribution in [0.3, 0.4) is 0 Å². The molecule has 0 saturated carbocycles. The van der Waals surface area contributed by atoms with E-state index in [1.54, 1.807) is 0 Å². The molecule has 0 aromatic heterocycles. The number of nitrogens with zero attached hydrogens (tertiary/aromatic N) is 3. The second kappa shape index (κ2) is 3.49. The largest absolute Gasteiger partial charge is 0.478 e. The van der Waals surface area contributed by atoms with Crippen LogP contribution in [-0.2, 0) is 0 Å². The summed E-state index contributed by atoms with van der Waals surface area (Å²) in [7, 11) is 0. The van der Waals surface area contributed by atoms with Crippen LogP contribution in [0.5, 0.6) is 0 Å². The van der Waals surface area contributed by atoms with E-state index in [1.165, 1.54) is 0 Å². The molecule has 14 heavy (non-hydrogen) atoms. The van der Waals surface area contributed by atoms with E-state index in [9.17, 15) is 14.9 Å². The highest BCUT2D eigenvalue weighted by molar-refractivity contribution is 5.89. The van der Waals surface area contributed by atoms with Gasteiger partial charge in [0, 0.05) is 12.1 Å². The monoisotopic (exact) mass is 194 g/mol. The molecule has 0 amide bonds. The average Bonchev–Trinajstić information content (AvgIpc) is 2.16. The normalized spacial score (nSPS) is 9.07. The van der Waals surface area contributed by atoms with Crippen LogP contribution >= 0.6 is 0 Å². The Morgan fingerprint density at radius 2 is 2.21 bits per heavy atom. The van der Waals surface area contributed by atoms with Gasteiger partial charge in [0.05, 0.1) is 10.5 Å². The van der Waals surface area contributed by atoms with Crippen molar-refractivity contribution in [2.24, 2.45) is 0 Å².